The van der Waals surface area contributed by atoms with Crippen molar-refractivity contribution in [3.05, 3.63) is 60.2 Å². The number of likely N-dealkylation sites (N-methyl/N-ethyl adjacent to an activating group) is 1. The molecule has 1 unspecified atom stereocenters. The molecular weight excluding hydrogens is 396 g/mol. The van der Waals surface area contributed by atoms with Gasteiger partial charge in [0.15, 0.2) is 0 Å². The lowest BCUT2D eigenvalue weighted by Crippen LogP contribution is -2.55. The van der Waals surface area contributed by atoms with Crippen LogP contribution in [-0.2, 0) is 16.0 Å². The Labute approximate surface area is 185 Å². The summed E-state index contributed by atoms with van der Waals surface area (Å²) < 4.78 is 4.32. The molecule has 0 fully saturated rings. The summed E-state index contributed by atoms with van der Waals surface area (Å²) in [5.41, 5.74) is 1.61. The predicted octanol–water partition coefficient (Wildman–Crippen LogP) is 4.12. The van der Waals surface area contributed by atoms with Gasteiger partial charge >= 0.3 is 0 Å². The second kappa shape index (κ2) is 10.5. The molecule has 2 aromatic rings. The van der Waals surface area contributed by atoms with E-state index < -0.39 is 10.8 Å². The molecule has 0 saturated carbocycles. The van der Waals surface area contributed by atoms with Crippen molar-refractivity contribution >= 4 is 30.1 Å². The van der Waals surface area contributed by atoms with Crippen molar-refractivity contribution in [2.75, 3.05) is 19.1 Å². The summed E-state index contributed by atoms with van der Waals surface area (Å²) in [6, 6.07) is 16.1. The fraction of sp³-hybridized carbons (Fsp3) is 0.417. The van der Waals surface area contributed by atoms with Gasteiger partial charge in [0.05, 0.1) is 11.9 Å². The third-order valence-electron chi connectivity index (χ3n) is 4.97. The van der Waals surface area contributed by atoms with Gasteiger partial charge in [-0.1, -0.05) is 44.2 Å². The third-order valence-corrected chi connectivity index (χ3v) is 5.34. The van der Waals surface area contributed by atoms with Crippen molar-refractivity contribution in [3.8, 4) is 5.75 Å². The zero-order chi connectivity index (χ0) is 22.3. The quantitative estimate of drug-likeness (QED) is 0.591. The smallest absolute Gasteiger partial charge is 0.243 e. The molecule has 0 aliphatic carbocycles. The van der Waals surface area contributed by atoms with Gasteiger partial charge < -0.3 is 10.1 Å². The largest absolute Gasteiger partial charge is 0.497 e. The van der Waals surface area contributed by atoms with Gasteiger partial charge in [0.1, 0.15) is 11.8 Å². The number of nitrogens with zero attached hydrogens (tertiary/aromatic N) is 1. The summed E-state index contributed by atoms with van der Waals surface area (Å²) in [5.74, 6) is 0.616. The first-order valence-corrected chi connectivity index (χ1v) is 10.6. The number of anilines is 1. The maximum Gasteiger partial charge on any atom is 0.243 e. The molecule has 1 N–H and O–H groups in total. The number of benzene rings is 2. The van der Waals surface area contributed by atoms with Crippen LogP contribution in [0.25, 0.3) is 0 Å². The maximum atomic E-state index is 13.7. The summed E-state index contributed by atoms with van der Waals surface area (Å²) in [6.07, 6.45) is 0.969. The molecule has 2 rings (SSSR count). The lowest BCUT2D eigenvalue weighted by Gasteiger charge is -2.37. The zero-order valence-corrected chi connectivity index (χ0v) is 19.3. The van der Waals surface area contributed by atoms with Gasteiger partial charge in [-0.3, -0.25) is 14.5 Å². The summed E-state index contributed by atoms with van der Waals surface area (Å²) in [7, 11) is 3.20. The number of rotatable bonds is 9. The van der Waals surface area contributed by atoms with Crippen LogP contribution < -0.4 is 15.0 Å². The molecule has 5 nitrogen and oxygen atoms in total. The van der Waals surface area contributed by atoms with Crippen LogP contribution in [0.15, 0.2) is 54.6 Å². The number of carbonyl (C=O) groups is 2. The molecule has 2 aromatic carbocycles. The van der Waals surface area contributed by atoms with Gasteiger partial charge in [0.2, 0.25) is 11.8 Å². The third kappa shape index (κ3) is 6.02. The average molecular weight is 429 g/mol. The lowest BCUT2D eigenvalue weighted by atomic mass is 9.94. The molecule has 6 heteroatoms. The van der Waals surface area contributed by atoms with E-state index in [0.29, 0.717) is 18.5 Å². The zero-order valence-electron chi connectivity index (χ0n) is 18.4. The van der Waals surface area contributed by atoms with Crippen LogP contribution in [0.1, 0.15) is 32.8 Å². The highest BCUT2D eigenvalue weighted by Crippen LogP contribution is 2.31. The van der Waals surface area contributed by atoms with Crippen molar-refractivity contribution in [2.45, 2.75) is 44.4 Å². The molecule has 0 bridgehead atoms. The first-order valence-electron chi connectivity index (χ1n) is 10.1. The van der Waals surface area contributed by atoms with Crippen LogP contribution in [0.5, 0.6) is 5.75 Å². The van der Waals surface area contributed by atoms with Gasteiger partial charge in [0.25, 0.3) is 0 Å². The first kappa shape index (κ1) is 23.8. The fourth-order valence-electron chi connectivity index (χ4n) is 3.62. The Morgan fingerprint density at radius 3 is 2.20 bits per heavy atom. The Bertz CT molecular complexity index is 835. The van der Waals surface area contributed by atoms with Gasteiger partial charge in [-0.15, -0.1) is 0 Å². The second-order valence-corrected chi connectivity index (χ2v) is 9.05. The fourth-order valence-corrected chi connectivity index (χ4v) is 4.09. The monoisotopic (exact) mass is 428 g/mol. The van der Waals surface area contributed by atoms with Crippen LogP contribution in [-0.4, -0.2) is 36.8 Å². The molecule has 0 radical (unpaired) electrons. The highest BCUT2D eigenvalue weighted by atomic mass is 32.1. The number of carbonyl (C=O) groups excluding carboxylic acids is 2. The van der Waals surface area contributed by atoms with Crippen LogP contribution >= 0.6 is 12.6 Å². The van der Waals surface area contributed by atoms with Gasteiger partial charge in [-0.2, -0.15) is 12.6 Å². The maximum absolute atomic E-state index is 13.7. The Morgan fingerprint density at radius 2 is 1.70 bits per heavy atom. The minimum Gasteiger partial charge on any atom is -0.497 e. The molecule has 2 atom stereocenters. The standard InChI is InChI=1S/C24H32N2O3S/c1-17(2)16-24(3,30)23(28)26(19-9-7-6-8-10-19)21(22(27)25-4)15-18-11-13-20(29-5)14-12-18/h6-14,17,21,30H,15-16H2,1-5H3,(H,25,27)/t21-,24?/m0/s1. The highest BCUT2D eigenvalue weighted by Gasteiger charge is 2.40. The van der Waals surface area contributed by atoms with Crippen molar-refractivity contribution in [3.63, 3.8) is 0 Å². The molecule has 162 valence electrons. The number of thiol groups is 1. The number of hydrogen-bond acceptors (Lipinski definition) is 4. The number of para-hydroxylation sites is 1. The van der Waals surface area contributed by atoms with Crippen LogP contribution in [0.4, 0.5) is 5.69 Å². The van der Waals surface area contributed by atoms with Crippen molar-refractivity contribution in [2.24, 2.45) is 5.92 Å². The van der Waals surface area contributed by atoms with E-state index in [2.05, 4.69) is 19.2 Å². The van der Waals surface area contributed by atoms with E-state index in [0.717, 1.165) is 11.3 Å². The van der Waals surface area contributed by atoms with Gasteiger partial charge in [-0.25, -0.2) is 0 Å². The summed E-state index contributed by atoms with van der Waals surface area (Å²) in [6.45, 7) is 5.94. The Hall–Kier alpha value is -2.47. The minimum absolute atomic E-state index is 0.187. The number of ether oxygens (including phenoxy) is 1. The van der Waals surface area contributed by atoms with E-state index >= 15 is 0 Å². The molecule has 0 aromatic heterocycles. The summed E-state index contributed by atoms with van der Waals surface area (Å²) in [4.78, 5) is 28.3. The van der Waals surface area contributed by atoms with E-state index in [1.807, 2.05) is 61.5 Å². The molecule has 0 aliphatic rings. The van der Waals surface area contributed by atoms with Crippen LogP contribution in [0.3, 0.4) is 0 Å². The molecule has 0 spiro atoms. The van der Waals surface area contributed by atoms with E-state index in [1.54, 1.807) is 19.1 Å². The molecule has 30 heavy (non-hydrogen) atoms. The van der Waals surface area contributed by atoms with Crippen LogP contribution in [0.2, 0.25) is 0 Å². The average Bonchev–Trinajstić information content (AvgIpc) is 2.73. The Balaban J connectivity index is 2.49. The number of amides is 2. The molecule has 0 aliphatic heterocycles. The summed E-state index contributed by atoms with van der Waals surface area (Å²) in [5, 5.41) is 2.72. The SMILES string of the molecule is CNC(=O)[C@H](Cc1ccc(OC)cc1)N(C(=O)C(C)(S)CC(C)C)c1ccccc1. The van der Waals surface area contributed by atoms with E-state index in [9.17, 15) is 9.59 Å². The predicted molar refractivity (Wildman–Crippen MR) is 125 cm³/mol. The number of nitrogens with one attached hydrogen (secondary N) is 1. The Kier molecular flexibility index (Phi) is 8.35. The van der Waals surface area contributed by atoms with Gasteiger partial charge in [-0.05, 0) is 49.1 Å². The van der Waals surface area contributed by atoms with E-state index in [4.69, 9.17) is 17.4 Å². The van der Waals surface area contributed by atoms with Crippen molar-refractivity contribution < 1.29 is 14.3 Å². The molecule has 0 saturated heterocycles. The molecule has 0 heterocycles. The first-order chi connectivity index (χ1) is 14.2. The van der Waals surface area contributed by atoms with Crippen LogP contribution in [0, 0.1) is 5.92 Å². The second-order valence-electron chi connectivity index (χ2n) is 8.06. The van der Waals surface area contributed by atoms with E-state index in [1.165, 1.54) is 0 Å². The minimum atomic E-state index is -0.907. The number of methoxy groups -OCH3 is 1. The van der Waals surface area contributed by atoms with Crippen molar-refractivity contribution in [1.82, 2.24) is 5.32 Å². The summed E-state index contributed by atoms with van der Waals surface area (Å²) >= 11 is 4.72. The Morgan fingerprint density at radius 1 is 1.10 bits per heavy atom. The highest BCUT2D eigenvalue weighted by molar-refractivity contribution is 7.82. The topological polar surface area (TPSA) is 58.6 Å². The van der Waals surface area contributed by atoms with Gasteiger partial charge in [0, 0.05) is 19.2 Å². The number of hydrogen-bond donors (Lipinski definition) is 2. The molecular formula is C24H32N2O3S. The normalized spacial score (nSPS) is 14.0. The molecule has 2 amide bonds. The lowest BCUT2D eigenvalue weighted by molar-refractivity contribution is -0.127. The van der Waals surface area contributed by atoms with Crippen molar-refractivity contribution in [1.29, 1.82) is 0 Å². The van der Waals surface area contributed by atoms with E-state index in [-0.39, 0.29) is 17.7 Å².